The Morgan fingerprint density at radius 3 is 2.65 bits per heavy atom. The molecule has 0 saturated carbocycles. The Kier molecular flexibility index (Phi) is 2.71. The van der Waals surface area contributed by atoms with Gasteiger partial charge in [0.25, 0.3) is 5.82 Å². The quantitative estimate of drug-likeness (QED) is 0.732. The lowest BCUT2D eigenvalue weighted by Crippen LogP contribution is -2.34. The molecular weight excluding hydrogens is 208 g/mol. The van der Waals surface area contributed by atoms with Gasteiger partial charge < -0.3 is 0 Å². The number of anilines is 1. The average Bonchev–Trinajstić information content (AvgIpc) is 2.40. The minimum Gasteiger partial charge on any atom is -0.262 e. The van der Waals surface area contributed by atoms with E-state index < -0.39 is 0 Å². The van der Waals surface area contributed by atoms with E-state index in [9.17, 15) is 0 Å². The number of fused-ring (bicyclic) bond motifs is 1. The van der Waals surface area contributed by atoms with Crippen LogP contribution in [0.3, 0.4) is 0 Å². The monoisotopic (exact) mass is 227 g/mol. The Hall–Kier alpha value is -1.57. The third-order valence-corrected chi connectivity index (χ3v) is 3.66. The van der Waals surface area contributed by atoms with Crippen molar-refractivity contribution in [1.82, 2.24) is 0 Å². The second kappa shape index (κ2) is 4.36. The molecule has 1 N–H and O–H groups in total. The fraction of sp³-hybridized carbons (Fsp3) is 0.400. The third kappa shape index (κ3) is 1.99. The Morgan fingerprint density at radius 2 is 1.82 bits per heavy atom. The molecule has 2 aromatic rings. The lowest BCUT2D eigenvalue weighted by atomic mass is 10.1. The van der Waals surface area contributed by atoms with E-state index in [1.165, 1.54) is 54.6 Å². The number of rotatable bonds is 1. The summed E-state index contributed by atoms with van der Waals surface area (Å²) >= 11 is 0. The number of aromatic nitrogens is 1. The van der Waals surface area contributed by atoms with E-state index in [1.54, 1.807) is 0 Å². The van der Waals surface area contributed by atoms with Gasteiger partial charge in [0.15, 0.2) is 0 Å². The lowest BCUT2D eigenvalue weighted by molar-refractivity contribution is -0.330. The van der Waals surface area contributed by atoms with Crippen molar-refractivity contribution in [2.75, 3.05) is 18.0 Å². The molecule has 88 valence electrons. The van der Waals surface area contributed by atoms with Gasteiger partial charge in [-0.25, -0.2) is 4.98 Å². The molecule has 0 amide bonds. The molecule has 1 aromatic carbocycles. The summed E-state index contributed by atoms with van der Waals surface area (Å²) in [7, 11) is 0. The molecule has 17 heavy (non-hydrogen) atoms. The van der Waals surface area contributed by atoms with E-state index in [-0.39, 0.29) is 0 Å². The number of hydrogen-bond donors (Lipinski definition) is 0. The van der Waals surface area contributed by atoms with Crippen molar-refractivity contribution in [3.8, 4) is 0 Å². The second-order valence-corrected chi connectivity index (χ2v) is 4.93. The Bertz CT molecular complexity index is 527. The van der Waals surface area contributed by atoms with Crippen molar-refractivity contribution in [2.45, 2.75) is 26.2 Å². The molecule has 1 aliphatic heterocycles. The van der Waals surface area contributed by atoms with Crippen LogP contribution in [0.5, 0.6) is 0 Å². The maximum Gasteiger partial charge on any atom is 0.275 e. The summed E-state index contributed by atoms with van der Waals surface area (Å²) < 4.78 is 0. The van der Waals surface area contributed by atoms with E-state index in [0.29, 0.717) is 0 Å². The smallest absolute Gasteiger partial charge is 0.262 e. The first-order valence-corrected chi connectivity index (χ1v) is 6.51. The standard InChI is InChI=1S/C15H18N2/c1-12-11-15(17-9-5-2-6-10-17)16-14-8-4-3-7-13(12)14/h3-4,7-8,11H,2,5-6,9-10H2,1H3/p+1. The molecule has 1 fully saturated rings. The van der Waals surface area contributed by atoms with Crippen molar-refractivity contribution in [3.05, 3.63) is 35.9 Å². The summed E-state index contributed by atoms with van der Waals surface area (Å²) in [4.78, 5) is 6.04. The van der Waals surface area contributed by atoms with Crippen molar-refractivity contribution < 1.29 is 4.98 Å². The maximum absolute atomic E-state index is 3.56. The fourth-order valence-electron chi connectivity index (χ4n) is 2.70. The van der Waals surface area contributed by atoms with Crippen molar-refractivity contribution in [2.24, 2.45) is 0 Å². The first-order chi connectivity index (χ1) is 8.34. The number of aromatic amines is 1. The Labute approximate surface area is 102 Å². The Balaban J connectivity index is 2.05. The highest BCUT2D eigenvalue weighted by Crippen LogP contribution is 2.21. The zero-order valence-corrected chi connectivity index (χ0v) is 10.4. The highest BCUT2D eigenvalue weighted by molar-refractivity contribution is 5.80. The van der Waals surface area contributed by atoms with Gasteiger partial charge in [-0.05, 0) is 37.8 Å². The maximum atomic E-state index is 3.56. The highest BCUT2D eigenvalue weighted by atomic mass is 15.2. The molecule has 0 atom stereocenters. The van der Waals surface area contributed by atoms with Gasteiger partial charge in [0.2, 0.25) is 0 Å². The van der Waals surface area contributed by atoms with Gasteiger partial charge in [0.1, 0.15) is 5.52 Å². The van der Waals surface area contributed by atoms with Gasteiger partial charge >= 0.3 is 0 Å². The molecular formula is C15H19N2+. The molecule has 0 radical (unpaired) electrons. The molecule has 0 aliphatic carbocycles. The molecule has 2 heterocycles. The molecule has 1 saturated heterocycles. The SMILES string of the molecule is Cc1cc(N2CCCCC2)[nH+]c2ccccc12. The average molecular weight is 227 g/mol. The minimum absolute atomic E-state index is 1.19. The topological polar surface area (TPSA) is 17.4 Å². The Morgan fingerprint density at radius 1 is 1.06 bits per heavy atom. The van der Waals surface area contributed by atoms with Gasteiger partial charge in [0.05, 0.1) is 13.1 Å². The van der Waals surface area contributed by atoms with Crippen LogP contribution in [0.2, 0.25) is 0 Å². The van der Waals surface area contributed by atoms with Crippen molar-refractivity contribution in [3.63, 3.8) is 0 Å². The van der Waals surface area contributed by atoms with Crippen LogP contribution in [0.1, 0.15) is 24.8 Å². The van der Waals surface area contributed by atoms with Crippen LogP contribution >= 0.6 is 0 Å². The normalized spacial score (nSPS) is 16.4. The van der Waals surface area contributed by atoms with Crippen LogP contribution in [0, 0.1) is 6.92 Å². The van der Waals surface area contributed by atoms with E-state index >= 15 is 0 Å². The minimum atomic E-state index is 1.19. The van der Waals surface area contributed by atoms with E-state index in [0.717, 1.165) is 0 Å². The van der Waals surface area contributed by atoms with Crippen molar-refractivity contribution in [1.29, 1.82) is 0 Å². The van der Waals surface area contributed by atoms with Crippen LogP contribution in [0.4, 0.5) is 5.82 Å². The number of piperidine rings is 1. The zero-order chi connectivity index (χ0) is 11.7. The van der Waals surface area contributed by atoms with Crippen molar-refractivity contribution >= 4 is 16.7 Å². The molecule has 1 aliphatic rings. The van der Waals surface area contributed by atoms with Gasteiger partial charge in [-0.2, -0.15) is 0 Å². The largest absolute Gasteiger partial charge is 0.275 e. The number of H-pyrrole nitrogens is 1. The summed E-state index contributed by atoms with van der Waals surface area (Å²) in [6, 6.07) is 10.8. The van der Waals surface area contributed by atoms with Gasteiger partial charge in [0, 0.05) is 11.5 Å². The van der Waals surface area contributed by atoms with Crippen LogP contribution < -0.4 is 9.88 Å². The molecule has 1 aromatic heterocycles. The summed E-state index contributed by atoms with van der Waals surface area (Å²) in [5.41, 5.74) is 2.60. The number of benzene rings is 1. The molecule has 0 spiro atoms. The number of para-hydroxylation sites is 1. The molecule has 2 nitrogen and oxygen atoms in total. The number of nitrogens with one attached hydrogen (secondary N) is 1. The van der Waals surface area contributed by atoms with Gasteiger partial charge in [-0.15, -0.1) is 0 Å². The number of nitrogens with zero attached hydrogens (tertiary/aromatic N) is 1. The summed E-state index contributed by atoms with van der Waals surface area (Å²) in [5.74, 6) is 1.28. The number of hydrogen-bond acceptors (Lipinski definition) is 1. The first kappa shape index (κ1) is 10.6. The van der Waals surface area contributed by atoms with Crippen LogP contribution in [-0.2, 0) is 0 Å². The summed E-state index contributed by atoms with van der Waals surface area (Å²) in [6.45, 7) is 4.58. The molecule has 2 heteroatoms. The van der Waals surface area contributed by atoms with E-state index in [1.807, 2.05) is 0 Å². The first-order valence-electron chi connectivity index (χ1n) is 6.51. The summed E-state index contributed by atoms with van der Waals surface area (Å²) in [6.07, 6.45) is 4.02. The van der Waals surface area contributed by atoms with Crippen LogP contribution in [0.15, 0.2) is 30.3 Å². The number of pyridine rings is 1. The molecule has 3 rings (SSSR count). The third-order valence-electron chi connectivity index (χ3n) is 3.66. The van der Waals surface area contributed by atoms with E-state index in [2.05, 4.69) is 47.1 Å². The predicted molar refractivity (Wildman–Crippen MR) is 71.3 cm³/mol. The zero-order valence-electron chi connectivity index (χ0n) is 10.4. The van der Waals surface area contributed by atoms with Crippen LogP contribution in [0.25, 0.3) is 10.9 Å². The van der Waals surface area contributed by atoms with Gasteiger partial charge in [-0.3, -0.25) is 4.90 Å². The second-order valence-electron chi connectivity index (χ2n) is 4.93. The highest BCUT2D eigenvalue weighted by Gasteiger charge is 2.19. The fourth-order valence-corrected chi connectivity index (χ4v) is 2.70. The van der Waals surface area contributed by atoms with Gasteiger partial charge in [-0.1, -0.05) is 18.2 Å². The molecule has 0 unspecified atom stereocenters. The van der Waals surface area contributed by atoms with Crippen LogP contribution in [-0.4, -0.2) is 13.1 Å². The lowest BCUT2D eigenvalue weighted by Gasteiger charge is -2.21. The summed E-state index contributed by atoms with van der Waals surface area (Å²) in [5, 5.41) is 1.33. The number of aryl methyl sites for hydroxylation is 1. The van der Waals surface area contributed by atoms with E-state index in [4.69, 9.17) is 0 Å². The molecule has 0 bridgehead atoms. The predicted octanol–water partition coefficient (Wildman–Crippen LogP) is 2.95.